The molecule has 2 heterocycles. The lowest BCUT2D eigenvalue weighted by Crippen LogP contribution is -2.50. The van der Waals surface area contributed by atoms with Crippen molar-refractivity contribution < 1.29 is 35.5 Å². The number of ether oxygens (including phenoxy) is 1. The van der Waals surface area contributed by atoms with Crippen molar-refractivity contribution in [2.75, 3.05) is 45.9 Å². The molecule has 0 unspecified atom stereocenters. The van der Waals surface area contributed by atoms with Crippen LogP contribution in [0, 0.1) is 0 Å². The number of unbranched alkanes of at least 4 members (excludes halogenated alkanes) is 2. The molecule has 1 aromatic carbocycles. The Labute approximate surface area is 203 Å². The van der Waals surface area contributed by atoms with Crippen LogP contribution in [0.15, 0.2) is 33.8 Å². The number of carbonyl (C=O) groups is 1. The van der Waals surface area contributed by atoms with Gasteiger partial charge in [0.25, 0.3) is 9.84 Å². The largest absolute Gasteiger partial charge is 0.502 e. The third kappa shape index (κ3) is 7.34. The monoisotopic (exact) mass is 519 g/mol. The van der Waals surface area contributed by atoms with Crippen LogP contribution in [-0.4, -0.2) is 81.6 Å². The minimum absolute atomic E-state index is 0.0196. The van der Waals surface area contributed by atoms with Crippen molar-refractivity contribution in [3.63, 3.8) is 0 Å². The Balaban J connectivity index is 1.35. The number of furan rings is 1. The number of halogens is 3. The molecule has 1 aromatic heterocycles. The predicted molar refractivity (Wildman–Crippen MR) is 125 cm³/mol. The number of hydrogen-bond acceptors (Lipinski definition) is 7. The van der Waals surface area contributed by atoms with Gasteiger partial charge in [0.15, 0.2) is 0 Å². The first kappa shape index (κ1) is 27.3. The summed E-state index contributed by atoms with van der Waals surface area (Å²) in [4.78, 5) is 15.5. The summed E-state index contributed by atoms with van der Waals surface area (Å²) in [5.41, 5.74) is -5.37. The van der Waals surface area contributed by atoms with Crippen molar-refractivity contribution in [2.24, 2.45) is 0 Å². The Hall–Kier alpha value is -2.31. The van der Waals surface area contributed by atoms with Gasteiger partial charge in [-0.2, -0.15) is 13.2 Å². The molecule has 1 saturated heterocycles. The first-order valence-electron chi connectivity index (χ1n) is 11.7. The predicted octanol–water partition coefficient (Wildman–Crippen LogP) is 3.42. The van der Waals surface area contributed by atoms with Crippen LogP contribution in [-0.2, 0) is 14.6 Å². The maximum Gasteiger partial charge on any atom is 0.502 e. The minimum atomic E-state index is -5.48. The third-order valence-electron chi connectivity index (χ3n) is 5.77. The molecule has 1 aliphatic heterocycles. The number of sulfone groups is 1. The van der Waals surface area contributed by atoms with Gasteiger partial charge in [-0.1, -0.05) is 0 Å². The Morgan fingerprint density at radius 1 is 1.11 bits per heavy atom. The Bertz CT molecular complexity index is 1090. The van der Waals surface area contributed by atoms with E-state index in [1.165, 1.54) is 18.2 Å². The lowest BCUT2D eigenvalue weighted by atomic mass is 10.2. The van der Waals surface area contributed by atoms with Crippen LogP contribution in [0.2, 0.25) is 0 Å². The Kier molecular flexibility index (Phi) is 9.05. The van der Waals surface area contributed by atoms with Gasteiger partial charge < -0.3 is 19.4 Å². The van der Waals surface area contributed by atoms with Gasteiger partial charge in [0.1, 0.15) is 22.5 Å². The van der Waals surface area contributed by atoms with E-state index in [2.05, 4.69) is 15.1 Å². The molecule has 2 aromatic rings. The molecule has 0 saturated carbocycles. The highest BCUT2D eigenvalue weighted by atomic mass is 32.2. The van der Waals surface area contributed by atoms with Crippen LogP contribution in [0.1, 0.15) is 33.1 Å². The van der Waals surface area contributed by atoms with E-state index in [4.69, 9.17) is 9.15 Å². The van der Waals surface area contributed by atoms with E-state index in [1.54, 1.807) is 0 Å². The highest BCUT2D eigenvalue weighted by molar-refractivity contribution is 7.92. The molecule has 196 valence electrons. The first-order chi connectivity index (χ1) is 16.5. The van der Waals surface area contributed by atoms with Crippen LogP contribution in [0.5, 0.6) is 5.75 Å². The zero-order chi connectivity index (χ0) is 25.6. The molecule has 1 N–H and O–H groups in total. The maximum absolute atomic E-state index is 12.8. The molecule has 3 rings (SSSR count). The maximum atomic E-state index is 12.8. The molecule has 0 radical (unpaired) electrons. The van der Waals surface area contributed by atoms with Crippen molar-refractivity contribution >= 4 is 26.7 Å². The molecule has 1 amide bonds. The van der Waals surface area contributed by atoms with Gasteiger partial charge in [0, 0.05) is 43.7 Å². The quantitative estimate of drug-likeness (QED) is 0.455. The number of alkyl halides is 3. The van der Waals surface area contributed by atoms with Gasteiger partial charge in [-0.15, -0.1) is 0 Å². The van der Waals surface area contributed by atoms with Crippen LogP contribution >= 0.6 is 0 Å². The van der Waals surface area contributed by atoms with E-state index < -0.39 is 20.2 Å². The summed E-state index contributed by atoms with van der Waals surface area (Å²) < 4.78 is 72.5. The molecule has 0 spiro atoms. The SMILES string of the molecule is CC(C)NC(=O)CN1CCN(CCCCCOc2ccc3c(S(=O)(=O)C(F)(F)F)coc3c2)CC1. The fourth-order valence-corrected chi connectivity index (χ4v) is 4.84. The van der Waals surface area contributed by atoms with Gasteiger partial charge in [-0.3, -0.25) is 9.69 Å². The summed E-state index contributed by atoms with van der Waals surface area (Å²) in [7, 11) is -5.48. The van der Waals surface area contributed by atoms with E-state index in [-0.39, 0.29) is 22.9 Å². The molecule has 1 fully saturated rings. The second-order valence-corrected chi connectivity index (χ2v) is 10.9. The van der Waals surface area contributed by atoms with E-state index in [9.17, 15) is 26.4 Å². The second-order valence-electron chi connectivity index (χ2n) is 8.96. The topological polar surface area (TPSA) is 92.1 Å². The second kappa shape index (κ2) is 11.6. The van der Waals surface area contributed by atoms with Crippen molar-refractivity contribution in [1.82, 2.24) is 15.1 Å². The third-order valence-corrected chi connectivity index (χ3v) is 7.28. The Morgan fingerprint density at radius 2 is 1.80 bits per heavy atom. The summed E-state index contributed by atoms with van der Waals surface area (Å²) in [5.74, 6) is 0.465. The van der Waals surface area contributed by atoms with E-state index >= 15 is 0 Å². The zero-order valence-corrected chi connectivity index (χ0v) is 20.8. The molecular formula is C23H32F3N3O5S. The average Bonchev–Trinajstić information content (AvgIpc) is 3.20. The number of piperazine rings is 1. The van der Waals surface area contributed by atoms with Gasteiger partial charge in [-0.25, -0.2) is 8.42 Å². The van der Waals surface area contributed by atoms with Crippen molar-refractivity contribution in [2.45, 2.75) is 49.6 Å². The molecule has 8 nitrogen and oxygen atoms in total. The van der Waals surface area contributed by atoms with Crippen LogP contribution in [0.25, 0.3) is 11.0 Å². The highest BCUT2D eigenvalue weighted by Crippen LogP contribution is 2.36. The van der Waals surface area contributed by atoms with Gasteiger partial charge in [0.2, 0.25) is 5.91 Å². The standard InChI is InChI=1S/C23H32F3N3O5S/c1-17(2)27-22(30)15-29-11-9-28(10-12-29)8-4-3-5-13-33-18-6-7-19-20(14-18)34-16-21(19)35(31,32)23(24,25)26/h6-7,14,16-17H,3-5,8-13,15H2,1-2H3,(H,27,30). The summed E-state index contributed by atoms with van der Waals surface area (Å²) in [5, 5.41) is 2.78. The fraction of sp³-hybridized carbons (Fsp3) is 0.609. The lowest BCUT2D eigenvalue weighted by molar-refractivity contribution is -0.123. The Morgan fingerprint density at radius 3 is 2.46 bits per heavy atom. The summed E-state index contributed by atoms with van der Waals surface area (Å²) in [6.45, 7) is 9.34. The number of nitrogens with one attached hydrogen (secondary N) is 1. The van der Waals surface area contributed by atoms with Crippen LogP contribution in [0.3, 0.4) is 0 Å². The number of nitrogens with zero attached hydrogens (tertiary/aromatic N) is 2. The van der Waals surface area contributed by atoms with Crippen LogP contribution < -0.4 is 10.1 Å². The molecule has 12 heteroatoms. The van der Waals surface area contributed by atoms with Crippen molar-refractivity contribution in [3.8, 4) is 5.75 Å². The summed E-state index contributed by atoms with van der Waals surface area (Å²) in [6.07, 6.45) is 3.37. The van der Waals surface area contributed by atoms with Gasteiger partial charge >= 0.3 is 5.51 Å². The summed E-state index contributed by atoms with van der Waals surface area (Å²) in [6, 6.07) is 4.24. The van der Waals surface area contributed by atoms with Crippen LogP contribution in [0.4, 0.5) is 13.2 Å². The highest BCUT2D eigenvalue weighted by Gasteiger charge is 2.48. The van der Waals surface area contributed by atoms with Crippen molar-refractivity contribution in [3.05, 3.63) is 24.5 Å². The lowest BCUT2D eigenvalue weighted by Gasteiger charge is -2.34. The van der Waals surface area contributed by atoms with Gasteiger partial charge in [-0.05, 0) is 51.8 Å². The molecule has 1 aliphatic rings. The summed E-state index contributed by atoms with van der Waals surface area (Å²) >= 11 is 0. The number of benzene rings is 1. The number of fused-ring (bicyclic) bond motifs is 1. The molecule has 35 heavy (non-hydrogen) atoms. The van der Waals surface area contributed by atoms with Crippen molar-refractivity contribution in [1.29, 1.82) is 0 Å². The first-order valence-corrected chi connectivity index (χ1v) is 13.1. The number of carbonyl (C=O) groups excluding carboxylic acids is 1. The number of hydrogen-bond donors (Lipinski definition) is 1. The number of rotatable bonds is 11. The average molecular weight is 520 g/mol. The normalized spacial score (nSPS) is 16.2. The number of amides is 1. The van der Waals surface area contributed by atoms with Gasteiger partial charge in [0.05, 0.1) is 13.2 Å². The zero-order valence-electron chi connectivity index (χ0n) is 19.9. The molecular weight excluding hydrogens is 487 g/mol. The van der Waals surface area contributed by atoms with E-state index in [1.807, 2.05) is 13.8 Å². The van der Waals surface area contributed by atoms with E-state index in [0.717, 1.165) is 52.0 Å². The smallest absolute Gasteiger partial charge is 0.493 e. The molecule has 0 bridgehead atoms. The molecule has 0 aliphatic carbocycles. The van der Waals surface area contributed by atoms with E-state index in [0.29, 0.717) is 25.2 Å². The fourth-order valence-electron chi connectivity index (χ4n) is 3.95. The molecule has 0 atom stereocenters. The minimum Gasteiger partial charge on any atom is -0.493 e.